The Morgan fingerprint density at radius 3 is 2.04 bits per heavy atom. The van der Waals surface area contributed by atoms with Crippen LogP contribution in [0.1, 0.15) is 27.6 Å². The standard InChI is InChI=1S/C20H23N3O4/c1-14(24)27-18-6-4-5-16(13-18)20(26)22-12-11-21-19(25)15-7-9-17(10-8-15)23(2)3/h4-10,13H,11-12H2,1-3H3,(H,21,25)(H,22,26). The molecule has 0 heterocycles. The van der Waals surface area contributed by atoms with Crippen molar-refractivity contribution in [2.75, 3.05) is 32.1 Å². The van der Waals surface area contributed by atoms with Crippen molar-refractivity contribution in [2.45, 2.75) is 6.92 Å². The van der Waals surface area contributed by atoms with E-state index < -0.39 is 5.97 Å². The van der Waals surface area contributed by atoms with Crippen molar-refractivity contribution < 1.29 is 19.1 Å². The topological polar surface area (TPSA) is 87.7 Å². The van der Waals surface area contributed by atoms with Crippen molar-refractivity contribution in [1.29, 1.82) is 0 Å². The Labute approximate surface area is 158 Å². The first-order chi connectivity index (χ1) is 12.9. The molecule has 142 valence electrons. The molecule has 2 rings (SSSR count). The van der Waals surface area contributed by atoms with Gasteiger partial charge in [0.1, 0.15) is 5.75 Å². The van der Waals surface area contributed by atoms with Gasteiger partial charge in [0.15, 0.2) is 0 Å². The van der Waals surface area contributed by atoms with Crippen molar-refractivity contribution in [2.24, 2.45) is 0 Å². The molecule has 0 aliphatic carbocycles. The summed E-state index contributed by atoms with van der Waals surface area (Å²) in [4.78, 5) is 37.2. The molecule has 0 radical (unpaired) electrons. The minimum Gasteiger partial charge on any atom is -0.427 e. The van der Waals surface area contributed by atoms with Gasteiger partial charge in [0, 0.05) is 50.9 Å². The molecule has 0 spiro atoms. The number of hydrogen-bond acceptors (Lipinski definition) is 5. The molecule has 2 N–H and O–H groups in total. The van der Waals surface area contributed by atoms with Crippen molar-refractivity contribution in [3.8, 4) is 5.75 Å². The second kappa shape index (κ2) is 9.38. The Bertz CT molecular complexity index is 816. The van der Waals surface area contributed by atoms with Gasteiger partial charge in [-0.15, -0.1) is 0 Å². The van der Waals surface area contributed by atoms with Crippen LogP contribution in [-0.2, 0) is 4.79 Å². The average Bonchev–Trinajstić information content (AvgIpc) is 2.64. The van der Waals surface area contributed by atoms with Gasteiger partial charge in [0.25, 0.3) is 11.8 Å². The number of carbonyl (C=O) groups excluding carboxylic acids is 3. The van der Waals surface area contributed by atoms with Gasteiger partial charge in [-0.1, -0.05) is 6.07 Å². The third-order valence-corrected chi connectivity index (χ3v) is 3.70. The number of esters is 1. The lowest BCUT2D eigenvalue weighted by Crippen LogP contribution is -2.34. The molecule has 0 bridgehead atoms. The molecule has 27 heavy (non-hydrogen) atoms. The number of hydrogen-bond donors (Lipinski definition) is 2. The maximum Gasteiger partial charge on any atom is 0.308 e. The Morgan fingerprint density at radius 2 is 1.48 bits per heavy atom. The fourth-order valence-electron chi connectivity index (χ4n) is 2.33. The fourth-order valence-corrected chi connectivity index (χ4v) is 2.33. The van der Waals surface area contributed by atoms with E-state index in [-0.39, 0.29) is 18.4 Å². The second-order valence-electron chi connectivity index (χ2n) is 6.07. The van der Waals surface area contributed by atoms with E-state index in [0.717, 1.165) is 5.69 Å². The van der Waals surface area contributed by atoms with Crippen molar-refractivity contribution in [1.82, 2.24) is 10.6 Å². The van der Waals surface area contributed by atoms with Gasteiger partial charge in [-0.05, 0) is 42.5 Å². The van der Waals surface area contributed by atoms with Crippen LogP contribution in [0.5, 0.6) is 5.75 Å². The van der Waals surface area contributed by atoms with E-state index in [1.807, 2.05) is 31.1 Å². The summed E-state index contributed by atoms with van der Waals surface area (Å²) in [5.41, 5.74) is 1.94. The predicted molar refractivity (Wildman–Crippen MR) is 103 cm³/mol. The smallest absolute Gasteiger partial charge is 0.308 e. The van der Waals surface area contributed by atoms with Crippen LogP contribution in [0, 0.1) is 0 Å². The van der Waals surface area contributed by atoms with Crippen LogP contribution in [0.3, 0.4) is 0 Å². The molecule has 0 fully saturated rings. The van der Waals surface area contributed by atoms with Crippen molar-refractivity contribution >= 4 is 23.5 Å². The van der Waals surface area contributed by atoms with Crippen LogP contribution in [0.2, 0.25) is 0 Å². The lowest BCUT2D eigenvalue weighted by atomic mass is 10.2. The Kier molecular flexibility index (Phi) is 6.93. The zero-order valence-electron chi connectivity index (χ0n) is 15.6. The summed E-state index contributed by atoms with van der Waals surface area (Å²) in [5, 5.41) is 5.46. The first-order valence-corrected chi connectivity index (χ1v) is 8.49. The number of nitrogens with zero attached hydrogens (tertiary/aromatic N) is 1. The van der Waals surface area contributed by atoms with E-state index in [2.05, 4.69) is 10.6 Å². The summed E-state index contributed by atoms with van der Waals surface area (Å²) >= 11 is 0. The third-order valence-electron chi connectivity index (χ3n) is 3.70. The normalized spacial score (nSPS) is 10.0. The van der Waals surface area contributed by atoms with Crippen LogP contribution in [0.15, 0.2) is 48.5 Å². The molecular formula is C20H23N3O4. The van der Waals surface area contributed by atoms with Gasteiger partial charge in [0.05, 0.1) is 0 Å². The van der Waals surface area contributed by atoms with Crippen LogP contribution in [-0.4, -0.2) is 45.0 Å². The highest BCUT2D eigenvalue weighted by molar-refractivity contribution is 5.95. The quantitative estimate of drug-likeness (QED) is 0.442. The molecule has 2 aromatic carbocycles. The zero-order valence-corrected chi connectivity index (χ0v) is 15.6. The lowest BCUT2D eigenvalue weighted by Gasteiger charge is -2.12. The van der Waals surface area contributed by atoms with Crippen LogP contribution < -0.4 is 20.3 Å². The number of ether oxygens (including phenoxy) is 1. The maximum absolute atomic E-state index is 12.1. The monoisotopic (exact) mass is 369 g/mol. The average molecular weight is 369 g/mol. The van der Waals surface area contributed by atoms with E-state index in [4.69, 9.17) is 4.74 Å². The highest BCUT2D eigenvalue weighted by atomic mass is 16.5. The summed E-state index contributed by atoms with van der Waals surface area (Å²) in [6.45, 7) is 1.87. The molecule has 7 heteroatoms. The number of nitrogens with one attached hydrogen (secondary N) is 2. The first-order valence-electron chi connectivity index (χ1n) is 8.49. The summed E-state index contributed by atoms with van der Waals surface area (Å²) in [5.74, 6) is -0.654. The Balaban J connectivity index is 1.79. The van der Waals surface area contributed by atoms with E-state index in [0.29, 0.717) is 23.4 Å². The van der Waals surface area contributed by atoms with Crippen LogP contribution >= 0.6 is 0 Å². The minimum atomic E-state index is -0.450. The van der Waals surface area contributed by atoms with Crippen molar-refractivity contribution in [3.63, 3.8) is 0 Å². The van der Waals surface area contributed by atoms with Crippen LogP contribution in [0.25, 0.3) is 0 Å². The van der Waals surface area contributed by atoms with Gasteiger partial charge in [-0.25, -0.2) is 0 Å². The maximum atomic E-state index is 12.1. The molecule has 0 saturated heterocycles. The van der Waals surface area contributed by atoms with Gasteiger partial charge in [0.2, 0.25) is 0 Å². The molecular weight excluding hydrogens is 346 g/mol. The van der Waals surface area contributed by atoms with Gasteiger partial charge in [-0.3, -0.25) is 14.4 Å². The highest BCUT2D eigenvalue weighted by Gasteiger charge is 2.09. The number of amides is 2. The third kappa shape index (κ3) is 6.14. The largest absolute Gasteiger partial charge is 0.427 e. The van der Waals surface area contributed by atoms with Gasteiger partial charge in [-0.2, -0.15) is 0 Å². The predicted octanol–water partition coefficient (Wildman–Crippen LogP) is 1.84. The number of rotatable bonds is 7. The molecule has 0 saturated carbocycles. The summed E-state index contributed by atoms with van der Waals surface area (Å²) in [6.07, 6.45) is 0. The van der Waals surface area contributed by atoms with Gasteiger partial charge < -0.3 is 20.3 Å². The number of anilines is 1. The summed E-state index contributed by atoms with van der Waals surface area (Å²) in [7, 11) is 3.86. The second-order valence-corrected chi connectivity index (χ2v) is 6.07. The Morgan fingerprint density at radius 1 is 0.889 bits per heavy atom. The van der Waals surface area contributed by atoms with E-state index in [1.54, 1.807) is 30.3 Å². The molecule has 0 aliphatic heterocycles. The SMILES string of the molecule is CC(=O)Oc1cccc(C(=O)NCCNC(=O)c2ccc(N(C)C)cc2)c1. The van der Waals surface area contributed by atoms with Gasteiger partial charge >= 0.3 is 5.97 Å². The van der Waals surface area contributed by atoms with Crippen molar-refractivity contribution in [3.05, 3.63) is 59.7 Å². The van der Waals surface area contributed by atoms with E-state index in [1.165, 1.54) is 13.0 Å². The lowest BCUT2D eigenvalue weighted by molar-refractivity contribution is -0.131. The summed E-state index contributed by atoms with van der Waals surface area (Å²) < 4.78 is 4.96. The molecule has 2 amide bonds. The number of carbonyl (C=O) groups is 3. The number of benzene rings is 2. The molecule has 0 atom stereocenters. The minimum absolute atomic E-state index is 0.202. The first kappa shape index (κ1) is 20.0. The molecule has 0 aromatic heterocycles. The molecule has 0 unspecified atom stereocenters. The zero-order chi connectivity index (χ0) is 19.8. The van der Waals surface area contributed by atoms with Crippen LogP contribution in [0.4, 0.5) is 5.69 Å². The Hall–Kier alpha value is -3.35. The molecule has 2 aromatic rings. The highest BCUT2D eigenvalue weighted by Crippen LogP contribution is 2.13. The fraction of sp³-hybridized carbons (Fsp3) is 0.250. The van der Waals surface area contributed by atoms with E-state index in [9.17, 15) is 14.4 Å². The van der Waals surface area contributed by atoms with E-state index >= 15 is 0 Å². The summed E-state index contributed by atoms with van der Waals surface area (Å²) in [6, 6.07) is 13.6. The molecule has 7 nitrogen and oxygen atoms in total. The molecule has 0 aliphatic rings.